The Balaban J connectivity index is 0.000000320. The Labute approximate surface area is 347 Å². The van der Waals surface area contributed by atoms with Gasteiger partial charge in [-0.1, -0.05) is 117 Å². The van der Waals surface area contributed by atoms with Crippen molar-refractivity contribution in [1.82, 2.24) is 4.98 Å². The van der Waals surface area contributed by atoms with E-state index in [1.54, 1.807) is 0 Å². The molecular weight excluding hydrogens is 875 g/mol. The van der Waals surface area contributed by atoms with Gasteiger partial charge in [0.1, 0.15) is 17.1 Å². The maximum Gasteiger partial charge on any atom is 0.164 e. The number of benzene rings is 3. The second kappa shape index (κ2) is 17.7. The number of aliphatic hydroxyl groups excluding tert-OH is 1. The van der Waals surface area contributed by atoms with Gasteiger partial charge in [-0.25, -0.2) is 0 Å². The second-order valence-electron chi connectivity index (χ2n) is 16.9. The topological polar surface area (TPSA) is 63.3 Å². The molecule has 0 spiro atoms. The number of aryl methyl sites for hydroxylation is 1. The van der Waals surface area contributed by atoms with Gasteiger partial charge in [-0.05, 0) is 74.1 Å². The molecule has 1 radical (unpaired) electrons. The third-order valence-corrected chi connectivity index (χ3v) is 13.1. The number of aromatic nitrogens is 1. The van der Waals surface area contributed by atoms with Crippen LogP contribution in [-0.2, 0) is 36.7 Å². The van der Waals surface area contributed by atoms with E-state index in [2.05, 4.69) is 102 Å². The van der Waals surface area contributed by atoms with E-state index < -0.39 is 0 Å². The number of carbonyl (C=O) groups excluding carboxylic acids is 1. The fourth-order valence-corrected chi connectivity index (χ4v) is 8.52. The molecule has 3 aromatic heterocycles. The second-order valence-corrected chi connectivity index (χ2v) is 18.1. The smallest absolute Gasteiger partial charge is 0.164 e. The molecule has 0 aliphatic heterocycles. The summed E-state index contributed by atoms with van der Waals surface area (Å²) in [5.74, 6) is 1.81. The molecule has 6 aromatic rings. The van der Waals surface area contributed by atoms with Gasteiger partial charge in [0.15, 0.2) is 5.78 Å². The molecule has 0 bridgehead atoms. The van der Waals surface area contributed by atoms with Gasteiger partial charge in [-0.2, -0.15) is 0 Å². The molecule has 0 aliphatic carbocycles. The average molecular weight is 935 g/mol. The Morgan fingerprint density at radius 1 is 0.909 bits per heavy atom. The fraction of sp³-hybridized carbons (Fsp3) is 0.429. The number of hydrogen-bond acceptors (Lipinski definition) is 5. The van der Waals surface area contributed by atoms with E-state index in [0.29, 0.717) is 5.92 Å². The van der Waals surface area contributed by atoms with Crippen LogP contribution in [0, 0.1) is 29.7 Å². The van der Waals surface area contributed by atoms with Crippen LogP contribution < -0.4 is 0 Å². The van der Waals surface area contributed by atoms with E-state index in [-0.39, 0.29) is 47.9 Å². The number of pyridine rings is 1. The zero-order valence-corrected chi connectivity index (χ0v) is 38.2. The molecule has 3 heterocycles. The molecule has 295 valence electrons. The first kappa shape index (κ1) is 44.1. The summed E-state index contributed by atoms with van der Waals surface area (Å²) in [6.45, 7) is 25.7. The van der Waals surface area contributed by atoms with Crippen LogP contribution in [0.4, 0.5) is 0 Å². The van der Waals surface area contributed by atoms with Gasteiger partial charge < -0.3 is 9.52 Å². The number of furan rings is 1. The summed E-state index contributed by atoms with van der Waals surface area (Å²) in [5.41, 5.74) is 5.84. The van der Waals surface area contributed by atoms with Crippen LogP contribution in [0.15, 0.2) is 83.1 Å². The van der Waals surface area contributed by atoms with Crippen LogP contribution in [0.3, 0.4) is 0 Å². The van der Waals surface area contributed by atoms with Gasteiger partial charge in [0, 0.05) is 74.8 Å². The SMILES string of the molecule is CCC(C)(CC)C(=O)/C=C(\O)C(C)(CC)CC.Cc1c(CC(C)C)sc2cccc(-c3cc4ccnc(-c5[c-]c6ccccc6c(C(C)(C)C)c5)c4o3)c12.[Ir]. The van der Waals surface area contributed by atoms with Crippen molar-refractivity contribution in [2.45, 2.75) is 121 Å². The first-order valence-corrected chi connectivity index (χ1v) is 20.6. The van der Waals surface area contributed by atoms with E-state index in [9.17, 15) is 9.90 Å². The quantitative estimate of drug-likeness (QED) is 0.0799. The maximum absolute atomic E-state index is 12.2. The predicted octanol–water partition coefficient (Wildman–Crippen LogP) is 14.8. The number of thiophene rings is 1. The monoisotopic (exact) mass is 935 g/mol. The number of rotatable bonds is 11. The summed E-state index contributed by atoms with van der Waals surface area (Å²) < 4.78 is 7.97. The van der Waals surface area contributed by atoms with Crippen molar-refractivity contribution in [2.75, 3.05) is 0 Å². The molecule has 6 heteroatoms. The molecule has 0 amide bonds. The van der Waals surface area contributed by atoms with Crippen LogP contribution in [0.5, 0.6) is 0 Å². The minimum atomic E-state index is -0.337. The zero-order chi connectivity index (χ0) is 39.6. The number of aliphatic hydroxyl groups is 1. The van der Waals surface area contributed by atoms with Crippen LogP contribution in [0.1, 0.15) is 118 Å². The van der Waals surface area contributed by atoms with Crippen LogP contribution in [-0.4, -0.2) is 15.9 Å². The number of fused-ring (bicyclic) bond motifs is 3. The van der Waals surface area contributed by atoms with E-state index in [0.717, 1.165) is 71.0 Å². The Hall–Kier alpha value is -3.57. The molecule has 55 heavy (non-hydrogen) atoms. The first-order chi connectivity index (χ1) is 25.5. The van der Waals surface area contributed by atoms with Crippen molar-refractivity contribution < 1.29 is 34.4 Å². The number of ketones is 1. The van der Waals surface area contributed by atoms with Crippen molar-refractivity contribution in [3.63, 3.8) is 0 Å². The summed E-state index contributed by atoms with van der Waals surface area (Å²) in [4.78, 5) is 18.5. The third-order valence-electron chi connectivity index (χ3n) is 11.8. The van der Waals surface area contributed by atoms with Gasteiger partial charge in [0.05, 0.1) is 0 Å². The molecule has 0 fully saturated rings. The largest absolute Gasteiger partial charge is 0.512 e. The molecule has 0 saturated carbocycles. The van der Waals surface area contributed by atoms with Crippen molar-refractivity contribution in [2.24, 2.45) is 16.7 Å². The Bertz CT molecular complexity index is 2290. The summed E-state index contributed by atoms with van der Waals surface area (Å²) >= 11 is 1.91. The van der Waals surface area contributed by atoms with E-state index in [1.165, 1.54) is 37.6 Å². The molecule has 1 N–H and O–H groups in total. The summed E-state index contributed by atoms with van der Waals surface area (Å²) in [6.07, 6.45) is 7.74. The molecule has 0 saturated heterocycles. The van der Waals surface area contributed by atoms with E-state index in [1.807, 2.05) is 65.1 Å². The maximum atomic E-state index is 12.2. The minimum absolute atomic E-state index is 0. The van der Waals surface area contributed by atoms with Crippen molar-refractivity contribution >= 4 is 48.9 Å². The normalized spacial score (nSPS) is 12.6. The standard InChI is InChI=1S/C34H32NOS.C15H28O2.Ir/c1-20(2)16-30-21(3)31-26(12-9-13-29(31)37-30)28-19-23-14-15-35-32(33(23)36-28)24-17-22-10-7-8-11-25(22)27(18-24)34(4,5)6;1-7-14(5,8-2)12(16)11-13(17)15(6,9-3)10-4;/h7-15,18-20H,16H2,1-6H3;11,16H,7-10H2,1-6H3;/q-1;;/b;12-11-;. The Morgan fingerprint density at radius 3 is 2.18 bits per heavy atom. The molecule has 0 unspecified atom stereocenters. The molecule has 6 rings (SSSR count). The minimum Gasteiger partial charge on any atom is -0.512 e. The summed E-state index contributed by atoms with van der Waals surface area (Å²) in [6, 6.07) is 25.1. The Morgan fingerprint density at radius 2 is 1.56 bits per heavy atom. The van der Waals surface area contributed by atoms with Crippen molar-refractivity contribution in [3.8, 4) is 22.6 Å². The number of allylic oxidation sites excluding steroid dienone is 2. The van der Waals surface area contributed by atoms with E-state index >= 15 is 0 Å². The predicted molar refractivity (Wildman–Crippen MR) is 232 cm³/mol. The molecular formula is C49H60IrNO3S-. The van der Waals surface area contributed by atoms with Crippen LogP contribution in [0.25, 0.3) is 54.4 Å². The molecule has 0 atom stereocenters. The van der Waals surface area contributed by atoms with Crippen LogP contribution in [0.2, 0.25) is 0 Å². The van der Waals surface area contributed by atoms with E-state index in [4.69, 9.17) is 9.40 Å². The van der Waals surface area contributed by atoms with Crippen molar-refractivity contribution in [3.05, 3.63) is 101 Å². The van der Waals surface area contributed by atoms with Gasteiger partial charge in [-0.3, -0.25) is 9.78 Å². The number of hydrogen-bond donors (Lipinski definition) is 1. The summed E-state index contributed by atoms with van der Waals surface area (Å²) in [7, 11) is 0. The molecule has 0 aliphatic rings. The fourth-order valence-electron chi connectivity index (χ4n) is 7.07. The van der Waals surface area contributed by atoms with Gasteiger partial charge in [0.25, 0.3) is 0 Å². The zero-order valence-electron chi connectivity index (χ0n) is 35.0. The Kier molecular flexibility index (Phi) is 14.2. The number of nitrogens with zero attached hydrogens (tertiary/aromatic N) is 1. The first-order valence-electron chi connectivity index (χ1n) is 19.8. The van der Waals surface area contributed by atoms with Gasteiger partial charge in [-0.15, -0.1) is 40.5 Å². The summed E-state index contributed by atoms with van der Waals surface area (Å²) in [5, 5.41) is 14.8. The molecule has 4 nitrogen and oxygen atoms in total. The molecule has 3 aromatic carbocycles. The van der Waals surface area contributed by atoms with Gasteiger partial charge >= 0.3 is 0 Å². The van der Waals surface area contributed by atoms with Crippen LogP contribution >= 0.6 is 11.3 Å². The third kappa shape index (κ3) is 9.19. The average Bonchev–Trinajstić information content (AvgIpc) is 3.73. The van der Waals surface area contributed by atoms with Gasteiger partial charge in [0.2, 0.25) is 0 Å². The van der Waals surface area contributed by atoms with Crippen molar-refractivity contribution in [1.29, 1.82) is 0 Å². The number of carbonyl (C=O) groups is 1.